The lowest BCUT2D eigenvalue weighted by Crippen LogP contribution is -2.37. The van der Waals surface area contributed by atoms with Gasteiger partial charge >= 0.3 is 0 Å². The van der Waals surface area contributed by atoms with Crippen molar-refractivity contribution in [3.63, 3.8) is 0 Å². The Morgan fingerprint density at radius 2 is 1.69 bits per heavy atom. The Bertz CT molecular complexity index is 909. The summed E-state index contributed by atoms with van der Waals surface area (Å²) in [6, 6.07) is 11.8. The molecule has 0 aliphatic heterocycles. The minimum atomic E-state index is -0.0593. The number of nitrogens with one attached hydrogen (secondary N) is 2. The van der Waals surface area contributed by atoms with E-state index in [4.69, 9.17) is 11.6 Å². The van der Waals surface area contributed by atoms with Crippen LogP contribution in [0.25, 0.3) is 0 Å². The van der Waals surface area contributed by atoms with Crippen LogP contribution in [0.15, 0.2) is 36.4 Å². The van der Waals surface area contributed by atoms with Crippen molar-refractivity contribution < 1.29 is 9.59 Å². The van der Waals surface area contributed by atoms with Gasteiger partial charge in [-0.3, -0.25) is 14.5 Å². The van der Waals surface area contributed by atoms with Gasteiger partial charge in [-0.2, -0.15) is 0 Å². The predicted octanol–water partition coefficient (Wildman–Crippen LogP) is 4.70. The molecule has 29 heavy (non-hydrogen) atoms. The van der Waals surface area contributed by atoms with E-state index >= 15 is 0 Å². The molecule has 2 amide bonds. The molecule has 0 aromatic heterocycles. The van der Waals surface area contributed by atoms with E-state index < -0.39 is 0 Å². The fourth-order valence-electron chi connectivity index (χ4n) is 3.30. The van der Waals surface area contributed by atoms with Crippen LogP contribution < -0.4 is 10.6 Å². The van der Waals surface area contributed by atoms with Gasteiger partial charge in [0.05, 0.1) is 6.54 Å². The van der Waals surface area contributed by atoms with E-state index in [9.17, 15) is 9.59 Å². The molecule has 5 nitrogen and oxygen atoms in total. The van der Waals surface area contributed by atoms with Crippen molar-refractivity contribution in [2.45, 2.75) is 46.1 Å². The summed E-state index contributed by atoms with van der Waals surface area (Å²) in [6.45, 7) is 6.76. The largest absolute Gasteiger partial charge is 0.326 e. The minimum absolute atomic E-state index is 0.0421. The van der Waals surface area contributed by atoms with Crippen molar-refractivity contribution in [1.82, 2.24) is 4.90 Å². The molecule has 3 rings (SSSR count). The molecular formula is C23H28ClN3O2. The maximum absolute atomic E-state index is 12.6. The highest BCUT2D eigenvalue weighted by Gasteiger charge is 2.30. The van der Waals surface area contributed by atoms with Crippen molar-refractivity contribution in [3.05, 3.63) is 58.1 Å². The predicted molar refractivity (Wildman–Crippen MR) is 119 cm³/mol. The maximum Gasteiger partial charge on any atom is 0.238 e. The number of hydrogen-bond donors (Lipinski definition) is 2. The average Bonchev–Trinajstić information content (AvgIpc) is 3.49. The van der Waals surface area contributed by atoms with Gasteiger partial charge in [-0.05, 0) is 74.6 Å². The Morgan fingerprint density at radius 1 is 0.966 bits per heavy atom. The topological polar surface area (TPSA) is 61.4 Å². The SMILES string of the molecule is Cc1ccc(C)c(NC(=O)CN(CCC(=O)Nc2ccc(Cl)cc2C)C2CC2)c1. The van der Waals surface area contributed by atoms with E-state index in [0.29, 0.717) is 30.6 Å². The summed E-state index contributed by atoms with van der Waals surface area (Å²) >= 11 is 5.97. The molecule has 2 aromatic rings. The molecule has 6 heteroatoms. The smallest absolute Gasteiger partial charge is 0.238 e. The second-order valence-corrected chi connectivity index (χ2v) is 8.26. The molecular weight excluding hydrogens is 386 g/mol. The van der Waals surface area contributed by atoms with E-state index in [1.165, 1.54) is 0 Å². The fraction of sp³-hybridized carbons (Fsp3) is 0.391. The first-order valence-corrected chi connectivity index (χ1v) is 10.4. The van der Waals surface area contributed by atoms with Crippen LogP contribution in [0.3, 0.4) is 0 Å². The Morgan fingerprint density at radius 3 is 2.38 bits per heavy atom. The summed E-state index contributed by atoms with van der Waals surface area (Å²) in [6.07, 6.45) is 2.50. The third-order valence-electron chi connectivity index (χ3n) is 5.17. The highest BCUT2D eigenvalue weighted by molar-refractivity contribution is 6.30. The van der Waals surface area contributed by atoms with Crippen molar-refractivity contribution >= 4 is 34.8 Å². The second kappa shape index (κ2) is 9.42. The highest BCUT2D eigenvalue weighted by atomic mass is 35.5. The van der Waals surface area contributed by atoms with Crippen LogP contribution in [0.1, 0.15) is 36.0 Å². The van der Waals surface area contributed by atoms with E-state index in [1.807, 2.05) is 51.1 Å². The van der Waals surface area contributed by atoms with Crippen LogP contribution in [0.2, 0.25) is 5.02 Å². The number of amides is 2. The number of carbonyl (C=O) groups excluding carboxylic acids is 2. The number of nitrogens with zero attached hydrogens (tertiary/aromatic N) is 1. The summed E-state index contributed by atoms with van der Waals surface area (Å²) in [7, 11) is 0. The van der Waals surface area contributed by atoms with Crippen molar-refractivity contribution in [3.8, 4) is 0 Å². The number of aryl methyl sites for hydroxylation is 3. The maximum atomic E-state index is 12.6. The number of rotatable bonds is 8. The highest BCUT2D eigenvalue weighted by Crippen LogP contribution is 2.27. The van der Waals surface area contributed by atoms with Crippen LogP contribution in [-0.2, 0) is 9.59 Å². The molecule has 0 atom stereocenters. The number of benzene rings is 2. The third kappa shape index (κ3) is 6.31. The van der Waals surface area contributed by atoms with Gasteiger partial charge in [-0.15, -0.1) is 0 Å². The van der Waals surface area contributed by atoms with Crippen LogP contribution >= 0.6 is 11.6 Å². The molecule has 2 aromatic carbocycles. The Hall–Kier alpha value is -2.37. The van der Waals surface area contributed by atoms with Gasteiger partial charge in [0, 0.05) is 35.4 Å². The molecule has 0 unspecified atom stereocenters. The molecule has 0 heterocycles. The third-order valence-corrected chi connectivity index (χ3v) is 5.40. The van der Waals surface area contributed by atoms with Gasteiger partial charge < -0.3 is 10.6 Å². The zero-order chi connectivity index (χ0) is 21.0. The molecule has 1 saturated carbocycles. The first-order valence-electron chi connectivity index (χ1n) is 9.99. The number of halogens is 1. The molecule has 0 radical (unpaired) electrons. The second-order valence-electron chi connectivity index (χ2n) is 7.83. The lowest BCUT2D eigenvalue weighted by Gasteiger charge is -2.21. The van der Waals surface area contributed by atoms with Gasteiger partial charge in [-0.1, -0.05) is 23.7 Å². The van der Waals surface area contributed by atoms with E-state index in [1.54, 1.807) is 6.07 Å². The summed E-state index contributed by atoms with van der Waals surface area (Å²) in [4.78, 5) is 27.1. The molecule has 1 aliphatic carbocycles. The number of carbonyl (C=O) groups is 2. The monoisotopic (exact) mass is 413 g/mol. The first kappa shape index (κ1) is 21.3. The lowest BCUT2D eigenvalue weighted by atomic mass is 10.1. The fourth-order valence-corrected chi connectivity index (χ4v) is 3.53. The van der Waals surface area contributed by atoms with E-state index in [0.717, 1.165) is 40.9 Å². The Kier molecular flexibility index (Phi) is 6.93. The zero-order valence-electron chi connectivity index (χ0n) is 17.2. The summed E-state index contributed by atoms with van der Waals surface area (Å²) in [5, 5.41) is 6.59. The zero-order valence-corrected chi connectivity index (χ0v) is 18.0. The molecule has 0 saturated heterocycles. The number of anilines is 2. The summed E-state index contributed by atoms with van der Waals surface area (Å²) in [5.41, 5.74) is 4.70. The summed E-state index contributed by atoms with van der Waals surface area (Å²) < 4.78 is 0. The van der Waals surface area contributed by atoms with Gasteiger partial charge in [0.25, 0.3) is 0 Å². The average molecular weight is 414 g/mol. The standard InChI is InChI=1S/C23H28ClN3O2/c1-15-4-5-16(2)21(12-15)26-23(29)14-27(19-7-8-19)11-10-22(28)25-20-9-6-18(24)13-17(20)3/h4-6,9,12-13,19H,7-8,10-11,14H2,1-3H3,(H,25,28)(H,26,29). The van der Waals surface area contributed by atoms with Crippen molar-refractivity contribution in [2.75, 3.05) is 23.7 Å². The summed E-state index contributed by atoms with van der Waals surface area (Å²) in [5.74, 6) is -0.101. The molecule has 2 N–H and O–H groups in total. The molecule has 1 fully saturated rings. The molecule has 0 spiro atoms. The van der Waals surface area contributed by atoms with Crippen LogP contribution in [-0.4, -0.2) is 35.8 Å². The Labute approximate surface area is 177 Å². The van der Waals surface area contributed by atoms with Gasteiger partial charge in [0.2, 0.25) is 11.8 Å². The van der Waals surface area contributed by atoms with E-state index in [-0.39, 0.29) is 11.8 Å². The van der Waals surface area contributed by atoms with Gasteiger partial charge in [0.1, 0.15) is 0 Å². The van der Waals surface area contributed by atoms with Crippen molar-refractivity contribution in [2.24, 2.45) is 0 Å². The normalized spacial score (nSPS) is 13.4. The Balaban J connectivity index is 1.53. The van der Waals surface area contributed by atoms with Gasteiger partial charge in [-0.25, -0.2) is 0 Å². The molecule has 0 bridgehead atoms. The lowest BCUT2D eigenvalue weighted by molar-refractivity contribution is -0.119. The first-order chi connectivity index (χ1) is 13.8. The minimum Gasteiger partial charge on any atom is -0.326 e. The van der Waals surface area contributed by atoms with E-state index in [2.05, 4.69) is 15.5 Å². The quantitative estimate of drug-likeness (QED) is 0.659. The van der Waals surface area contributed by atoms with Crippen molar-refractivity contribution in [1.29, 1.82) is 0 Å². The van der Waals surface area contributed by atoms with Crippen LogP contribution in [0.5, 0.6) is 0 Å². The van der Waals surface area contributed by atoms with Gasteiger partial charge in [0.15, 0.2) is 0 Å². The van der Waals surface area contributed by atoms with Crippen LogP contribution in [0, 0.1) is 20.8 Å². The van der Waals surface area contributed by atoms with Crippen LogP contribution in [0.4, 0.5) is 11.4 Å². The molecule has 1 aliphatic rings. The number of hydrogen-bond acceptors (Lipinski definition) is 3. The molecule has 154 valence electrons.